The molecule has 0 fully saturated rings. The molecule has 0 spiro atoms. The third-order valence-electron chi connectivity index (χ3n) is 1.81. The van der Waals surface area contributed by atoms with Crippen LogP contribution in [0.4, 0.5) is 0 Å². The Balaban J connectivity index is 2.90. The van der Waals surface area contributed by atoms with Crippen LogP contribution in [-0.4, -0.2) is 11.7 Å². The van der Waals surface area contributed by atoms with E-state index in [4.69, 9.17) is 16.3 Å². The van der Waals surface area contributed by atoms with Crippen LogP contribution in [0.25, 0.3) is 0 Å². The fraction of sp³-hybridized carbons (Fsp3) is 0.273. The lowest BCUT2D eigenvalue weighted by Gasteiger charge is -2.13. The Morgan fingerprint density at radius 1 is 1.67 bits per heavy atom. The summed E-state index contributed by atoms with van der Waals surface area (Å²) in [4.78, 5) is 0. The van der Waals surface area contributed by atoms with Crippen molar-refractivity contribution < 1.29 is 9.84 Å². The van der Waals surface area contributed by atoms with E-state index in [-0.39, 0.29) is 0 Å². The number of halogens is 2. The third kappa shape index (κ3) is 3.86. The zero-order valence-corrected chi connectivity index (χ0v) is 10.7. The summed E-state index contributed by atoms with van der Waals surface area (Å²) in [6.07, 6.45) is -0.609. The summed E-state index contributed by atoms with van der Waals surface area (Å²) >= 11 is 9.03. The minimum absolute atomic E-state index is 0.362. The lowest BCUT2D eigenvalue weighted by atomic mass is 10.1. The molecule has 0 saturated heterocycles. The summed E-state index contributed by atoms with van der Waals surface area (Å²) in [6, 6.07) is 5.15. The molecule has 4 heteroatoms. The first-order valence-electron chi connectivity index (χ1n) is 4.44. The van der Waals surface area contributed by atoms with Gasteiger partial charge in [-0.3, -0.25) is 0 Å². The maximum absolute atomic E-state index is 9.52. The minimum atomic E-state index is -0.609. The molecule has 0 bridgehead atoms. The average molecular weight is 292 g/mol. The van der Waals surface area contributed by atoms with Gasteiger partial charge >= 0.3 is 0 Å². The first kappa shape index (κ1) is 12.6. The van der Waals surface area contributed by atoms with Gasteiger partial charge in [-0.25, -0.2) is 0 Å². The van der Waals surface area contributed by atoms with Crippen molar-refractivity contribution in [2.75, 3.05) is 6.61 Å². The van der Waals surface area contributed by atoms with Crippen LogP contribution < -0.4 is 4.74 Å². The predicted octanol–water partition coefficient (Wildman–Crippen LogP) is 3.68. The molecular formula is C11H12BrClO2. The van der Waals surface area contributed by atoms with Crippen molar-refractivity contribution in [3.63, 3.8) is 0 Å². The van der Waals surface area contributed by atoms with E-state index in [2.05, 4.69) is 22.5 Å². The Morgan fingerprint density at radius 2 is 2.33 bits per heavy atom. The second-order valence-electron chi connectivity index (χ2n) is 3.16. The van der Waals surface area contributed by atoms with Gasteiger partial charge in [0.2, 0.25) is 0 Å². The normalized spacial score (nSPS) is 12.3. The molecule has 82 valence electrons. The Labute approximate surface area is 103 Å². The maximum Gasteiger partial charge on any atom is 0.125 e. The molecule has 0 aliphatic rings. The molecule has 0 aliphatic carbocycles. The molecule has 15 heavy (non-hydrogen) atoms. The van der Waals surface area contributed by atoms with E-state index in [1.165, 1.54) is 0 Å². The highest BCUT2D eigenvalue weighted by Gasteiger charge is 2.09. The van der Waals surface area contributed by atoms with E-state index in [1.807, 2.05) is 0 Å². The molecule has 1 N–H and O–H groups in total. The first-order valence-corrected chi connectivity index (χ1v) is 5.61. The highest BCUT2D eigenvalue weighted by Crippen LogP contribution is 2.28. The van der Waals surface area contributed by atoms with Crippen molar-refractivity contribution in [2.45, 2.75) is 13.0 Å². The molecule has 0 radical (unpaired) electrons. The molecule has 1 atom stereocenters. The number of hydrogen-bond donors (Lipinski definition) is 1. The molecule has 0 amide bonds. The molecule has 0 heterocycles. The SMILES string of the molecule is C=C(Br)COc1ccc(Cl)cc1[C@H](C)O. The minimum Gasteiger partial charge on any atom is -0.488 e. The zero-order chi connectivity index (χ0) is 11.4. The van der Waals surface area contributed by atoms with Crippen molar-refractivity contribution in [3.8, 4) is 5.75 Å². The molecule has 0 unspecified atom stereocenters. The molecule has 1 rings (SSSR count). The number of rotatable bonds is 4. The predicted molar refractivity (Wildman–Crippen MR) is 65.6 cm³/mol. The largest absolute Gasteiger partial charge is 0.488 e. The Hall–Kier alpha value is -0.510. The summed E-state index contributed by atoms with van der Waals surface area (Å²) < 4.78 is 6.19. The van der Waals surface area contributed by atoms with Crippen molar-refractivity contribution in [2.24, 2.45) is 0 Å². The Morgan fingerprint density at radius 3 is 2.87 bits per heavy atom. The van der Waals surface area contributed by atoms with Crippen LogP contribution in [0.2, 0.25) is 5.02 Å². The van der Waals surface area contributed by atoms with Crippen molar-refractivity contribution in [1.82, 2.24) is 0 Å². The number of hydrogen-bond acceptors (Lipinski definition) is 2. The van der Waals surface area contributed by atoms with Gasteiger partial charge in [-0.05, 0) is 25.1 Å². The standard InChI is InChI=1S/C11H12BrClO2/c1-7(12)6-15-11-4-3-9(13)5-10(11)8(2)14/h3-5,8,14H,1,6H2,2H3/t8-/m0/s1. The smallest absolute Gasteiger partial charge is 0.125 e. The highest BCUT2D eigenvalue weighted by atomic mass is 79.9. The van der Waals surface area contributed by atoms with Crippen molar-refractivity contribution in [1.29, 1.82) is 0 Å². The van der Waals surface area contributed by atoms with Gasteiger partial charge in [-0.2, -0.15) is 0 Å². The molecule has 2 nitrogen and oxygen atoms in total. The third-order valence-corrected chi connectivity index (χ3v) is 2.27. The first-order chi connectivity index (χ1) is 7.00. The van der Waals surface area contributed by atoms with Crippen LogP contribution >= 0.6 is 27.5 Å². The summed E-state index contributed by atoms with van der Waals surface area (Å²) in [7, 11) is 0. The Kier molecular flexibility index (Phi) is 4.64. The van der Waals surface area contributed by atoms with E-state index >= 15 is 0 Å². The van der Waals surface area contributed by atoms with Crippen LogP contribution in [0.5, 0.6) is 5.75 Å². The monoisotopic (exact) mass is 290 g/mol. The van der Waals surface area contributed by atoms with E-state index in [1.54, 1.807) is 25.1 Å². The molecule has 0 aliphatic heterocycles. The van der Waals surface area contributed by atoms with Crippen LogP contribution in [0.1, 0.15) is 18.6 Å². The summed E-state index contributed by atoms with van der Waals surface area (Å²) in [5.74, 6) is 0.620. The van der Waals surface area contributed by atoms with Gasteiger partial charge in [-0.1, -0.05) is 34.1 Å². The molecule has 1 aromatic carbocycles. The lowest BCUT2D eigenvalue weighted by molar-refractivity contribution is 0.193. The number of aliphatic hydroxyl groups is 1. The van der Waals surface area contributed by atoms with Crippen LogP contribution in [0.15, 0.2) is 29.3 Å². The van der Waals surface area contributed by atoms with Gasteiger partial charge in [0.1, 0.15) is 12.4 Å². The van der Waals surface area contributed by atoms with Crippen LogP contribution in [0.3, 0.4) is 0 Å². The highest BCUT2D eigenvalue weighted by molar-refractivity contribution is 9.11. The molecule has 0 aromatic heterocycles. The quantitative estimate of drug-likeness (QED) is 0.917. The molecule has 0 saturated carbocycles. The lowest BCUT2D eigenvalue weighted by Crippen LogP contribution is -2.01. The fourth-order valence-electron chi connectivity index (χ4n) is 1.13. The van der Waals surface area contributed by atoms with Crippen LogP contribution in [0, 0.1) is 0 Å². The van der Waals surface area contributed by atoms with E-state index in [9.17, 15) is 5.11 Å². The van der Waals surface area contributed by atoms with Crippen LogP contribution in [-0.2, 0) is 0 Å². The van der Waals surface area contributed by atoms with E-state index < -0.39 is 6.10 Å². The van der Waals surface area contributed by atoms with Gasteiger partial charge in [0, 0.05) is 15.1 Å². The van der Waals surface area contributed by atoms with Gasteiger partial charge in [0.15, 0.2) is 0 Å². The topological polar surface area (TPSA) is 29.5 Å². The second-order valence-corrected chi connectivity index (χ2v) is 4.72. The summed E-state index contributed by atoms with van der Waals surface area (Å²) in [5, 5.41) is 10.1. The summed E-state index contributed by atoms with van der Waals surface area (Å²) in [5.41, 5.74) is 0.677. The maximum atomic E-state index is 9.52. The second kappa shape index (κ2) is 5.54. The zero-order valence-electron chi connectivity index (χ0n) is 8.34. The van der Waals surface area contributed by atoms with Gasteiger partial charge in [0.05, 0.1) is 6.10 Å². The van der Waals surface area contributed by atoms with E-state index in [0.29, 0.717) is 22.9 Å². The van der Waals surface area contributed by atoms with Crippen molar-refractivity contribution >= 4 is 27.5 Å². The number of benzene rings is 1. The van der Waals surface area contributed by atoms with Crippen molar-refractivity contribution in [3.05, 3.63) is 39.8 Å². The fourth-order valence-corrected chi connectivity index (χ4v) is 1.43. The van der Waals surface area contributed by atoms with Gasteiger partial charge in [0.25, 0.3) is 0 Å². The van der Waals surface area contributed by atoms with E-state index in [0.717, 1.165) is 4.48 Å². The molecule has 1 aromatic rings. The average Bonchev–Trinajstić information content (AvgIpc) is 2.15. The van der Waals surface area contributed by atoms with Gasteiger partial charge in [-0.15, -0.1) is 0 Å². The number of ether oxygens (including phenoxy) is 1. The molecular weight excluding hydrogens is 279 g/mol. The number of aliphatic hydroxyl groups excluding tert-OH is 1. The summed E-state index contributed by atoms with van der Waals surface area (Å²) in [6.45, 7) is 5.70. The Bertz CT molecular complexity index is 364. The van der Waals surface area contributed by atoms with Gasteiger partial charge < -0.3 is 9.84 Å².